The first-order chi connectivity index (χ1) is 7.90. The predicted molar refractivity (Wildman–Crippen MR) is 81.6 cm³/mol. The predicted octanol–water partition coefficient (Wildman–Crippen LogP) is 5.13. The van der Waals surface area contributed by atoms with E-state index in [4.69, 9.17) is 5.11 Å². The molecule has 0 aromatic heterocycles. The van der Waals surface area contributed by atoms with E-state index in [0.717, 1.165) is 42.4 Å². The summed E-state index contributed by atoms with van der Waals surface area (Å²) >= 11 is 0. The molecule has 2 aliphatic rings. The Labute approximate surface area is 115 Å². The lowest BCUT2D eigenvalue weighted by Crippen LogP contribution is -2.31. The summed E-state index contributed by atoms with van der Waals surface area (Å²) in [7, 11) is 0. The molecule has 2 aliphatic carbocycles. The Morgan fingerprint density at radius 1 is 0.833 bits per heavy atom. The summed E-state index contributed by atoms with van der Waals surface area (Å²) in [5, 5.41) is 8.87. The Hall–Kier alpha value is -0.0400. The summed E-state index contributed by atoms with van der Waals surface area (Å²) in [6.07, 6.45) is 6.55. The molecule has 0 bridgehead atoms. The van der Waals surface area contributed by atoms with Gasteiger partial charge in [-0.1, -0.05) is 48.5 Å². The molecule has 18 heavy (non-hydrogen) atoms. The molecular weight excluding hydrogens is 220 g/mol. The van der Waals surface area contributed by atoms with Gasteiger partial charge >= 0.3 is 0 Å². The standard InChI is InChI=1S/C9H18.C7H14O.CH4/c1-7(2)9-5-4-8(3)6-9;1-5(2)6-3-7(8)4-6;/h7-9H,4-6H2,1-3H3;5-8H,3-4H2,1-2H3;1H4. The molecule has 2 fully saturated rings. The van der Waals surface area contributed by atoms with E-state index in [9.17, 15) is 0 Å². The molecule has 110 valence electrons. The second-order valence-corrected chi connectivity index (χ2v) is 7.05. The van der Waals surface area contributed by atoms with E-state index < -0.39 is 0 Å². The van der Waals surface area contributed by atoms with Crippen LogP contribution in [0.1, 0.15) is 74.1 Å². The summed E-state index contributed by atoms with van der Waals surface area (Å²) in [6.45, 7) is 11.5. The van der Waals surface area contributed by atoms with Crippen LogP contribution in [0.3, 0.4) is 0 Å². The van der Waals surface area contributed by atoms with Crippen LogP contribution < -0.4 is 0 Å². The number of hydrogen-bond acceptors (Lipinski definition) is 1. The second kappa shape index (κ2) is 8.19. The topological polar surface area (TPSA) is 20.2 Å². The highest BCUT2D eigenvalue weighted by Gasteiger charge is 2.28. The fourth-order valence-corrected chi connectivity index (χ4v) is 3.03. The first kappa shape index (κ1) is 18.0. The molecule has 1 heteroatoms. The van der Waals surface area contributed by atoms with Crippen molar-refractivity contribution in [3.05, 3.63) is 0 Å². The Morgan fingerprint density at radius 3 is 1.50 bits per heavy atom. The van der Waals surface area contributed by atoms with Crippen molar-refractivity contribution in [3.63, 3.8) is 0 Å². The highest BCUT2D eigenvalue weighted by atomic mass is 16.3. The van der Waals surface area contributed by atoms with Crippen molar-refractivity contribution in [2.75, 3.05) is 0 Å². The van der Waals surface area contributed by atoms with Gasteiger partial charge in [0.2, 0.25) is 0 Å². The van der Waals surface area contributed by atoms with Crippen LogP contribution in [-0.2, 0) is 0 Å². The molecule has 0 spiro atoms. The maximum Gasteiger partial charge on any atom is 0.0545 e. The van der Waals surface area contributed by atoms with Gasteiger partial charge in [-0.2, -0.15) is 0 Å². The van der Waals surface area contributed by atoms with Crippen molar-refractivity contribution < 1.29 is 5.11 Å². The van der Waals surface area contributed by atoms with Gasteiger partial charge in [-0.3, -0.25) is 0 Å². The fraction of sp³-hybridized carbons (Fsp3) is 1.00. The van der Waals surface area contributed by atoms with Crippen molar-refractivity contribution in [2.45, 2.75) is 80.3 Å². The molecule has 0 saturated heterocycles. The first-order valence-electron chi connectivity index (χ1n) is 7.58. The zero-order valence-corrected chi connectivity index (χ0v) is 12.4. The maximum atomic E-state index is 8.87. The third-order valence-corrected chi connectivity index (χ3v) is 4.77. The molecule has 0 aliphatic heterocycles. The van der Waals surface area contributed by atoms with Crippen LogP contribution in [0, 0.1) is 29.6 Å². The largest absolute Gasteiger partial charge is 0.393 e. The molecule has 2 atom stereocenters. The zero-order valence-electron chi connectivity index (χ0n) is 12.4. The Bertz CT molecular complexity index is 204. The highest BCUT2D eigenvalue weighted by molar-refractivity contribution is 4.80. The number of aliphatic hydroxyl groups is 1. The van der Waals surface area contributed by atoms with Crippen LogP contribution in [-0.4, -0.2) is 11.2 Å². The van der Waals surface area contributed by atoms with Crippen LogP contribution in [0.5, 0.6) is 0 Å². The SMILES string of the molecule is C.CC(C)C1CC(O)C1.CC1CCC(C(C)C)C1. The van der Waals surface area contributed by atoms with E-state index in [0.29, 0.717) is 0 Å². The summed E-state index contributed by atoms with van der Waals surface area (Å²) in [5.41, 5.74) is 0. The van der Waals surface area contributed by atoms with Gasteiger partial charge in [0.25, 0.3) is 0 Å². The van der Waals surface area contributed by atoms with Gasteiger partial charge in [0, 0.05) is 0 Å². The molecule has 0 aromatic carbocycles. The quantitative estimate of drug-likeness (QED) is 0.726. The summed E-state index contributed by atoms with van der Waals surface area (Å²) in [4.78, 5) is 0. The van der Waals surface area contributed by atoms with E-state index in [1.165, 1.54) is 19.3 Å². The first-order valence-corrected chi connectivity index (χ1v) is 7.58. The van der Waals surface area contributed by atoms with E-state index in [2.05, 4.69) is 34.6 Å². The van der Waals surface area contributed by atoms with Gasteiger partial charge in [0.05, 0.1) is 6.10 Å². The minimum Gasteiger partial charge on any atom is -0.393 e. The number of aliphatic hydroxyl groups excluding tert-OH is 1. The molecular formula is C17H36O. The van der Waals surface area contributed by atoms with Crippen LogP contribution in [0.15, 0.2) is 0 Å². The molecule has 0 amide bonds. The van der Waals surface area contributed by atoms with Gasteiger partial charge in [0.1, 0.15) is 0 Å². The highest BCUT2D eigenvalue weighted by Crippen LogP contribution is 2.35. The lowest BCUT2D eigenvalue weighted by molar-refractivity contribution is 0.0218. The Kier molecular flexibility index (Phi) is 8.18. The maximum absolute atomic E-state index is 8.87. The summed E-state index contributed by atoms with van der Waals surface area (Å²) in [6, 6.07) is 0. The molecule has 2 saturated carbocycles. The Morgan fingerprint density at radius 2 is 1.33 bits per heavy atom. The fourth-order valence-electron chi connectivity index (χ4n) is 3.03. The van der Waals surface area contributed by atoms with Crippen molar-refractivity contribution in [3.8, 4) is 0 Å². The second-order valence-electron chi connectivity index (χ2n) is 7.05. The molecule has 0 aromatic rings. The average Bonchev–Trinajstić information content (AvgIpc) is 2.61. The molecule has 2 rings (SSSR count). The van der Waals surface area contributed by atoms with E-state index in [1.54, 1.807) is 0 Å². The van der Waals surface area contributed by atoms with Crippen molar-refractivity contribution in [2.24, 2.45) is 29.6 Å². The minimum absolute atomic E-state index is 0. The van der Waals surface area contributed by atoms with Crippen LogP contribution >= 0.6 is 0 Å². The molecule has 1 N–H and O–H groups in total. The Balaban J connectivity index is 0.000000306. The number of hydrogen-bond donors (Lipinski definition) is 1. The zero-order chi connectivity index (χ0) is 13.0. The normalized spacial score (nSPS) is 34.7. The third kappa shape index (κ3) is 5.73. The summed E-state index contributed by atoms with van der Waals surface area (Å²) in [5.74, 6) is 4.57. The van der Waals surface area contributed by atoms with Crippen LogP contribution in [0.4, 0.5) is 0 Å². The van der Waals surface area contributed by atoms with Crippen LogP contribution in [0.2, 0.25) is 0 Å². The monoisotopic (exact) mass is 256 g/mol. The van der Waals surface area contributed by atoms with E-state index in [1.807, 2.05) is 0 Å². The minimum atomic E-state index is 0. The molecule has 0 radical (unpaired) electrons. The van der Waals surface area contributed by atoms with Crippen LogP contribution in [0.25, 0.3) is 0 Å². The molecule has 0 heterocycles. The average molecular weight is 256 g/mol. The lowest BCUT2D eigenvalue weighted by atomic mass is 9.75. The third-order valence-electron chi connectivity index (χ3n) is 4.77. The van der Waals surface area contributed by atoms with E-state index in [-0.39, 0.29) is 13.5 Å². The lowest BCUT2D eigenvalue weighted by Gasteiger charge is -2.34. The van der Waals surface area contributed by atoms with Gasteiger partial charge in [-0.05, 0) is 55.3 Å². The molecule has 2 unspecified atom stereocenters. The summed E-state index contributed by atoms with van der Waals surface area (Å²) < 4.78 is 0. The van der Waals surface area contributed by atoms with Gasteiger partial charge in [0.15, 0.2) is 0 Å². The van der Waals surface area contributed by atoms with Gasteiger partial charge < -0.3 is 5.11 Å². The van der Waals surface area contributed by atoms with Crippen molar-refractivity contribution in [1.82, 2.24) is 0 Å². The smallest absolute Gasteiger partial charge is 0.0545 e. The van der Waals surface area contributed by atoms with Crippen molar-refractivity contribution in [1.29, 1.82) is 0 Å². The van der Waals surface area contributed by atoms with Gasteiger partial charge in [-0.15, -0.1) is 0 Å². The molecule has 1 nitrogen and oxygen atoms in total. The number of rotatable bonds is 2. The van der Waals surface area contributed by atoms with Gasteiger partial charge in [-0.25, -0.2) is 0 Å². The van der Waals surface area contributed by atoms with E-state index >= 15 is 0 Å². The van der Waals surface area contributed by atoms with Crippen molar-refractivity contribution >= 4 is 0 Å².